The van der Waals surface area contributed by atoms with Crippen LogP contribution in [0.1, 0.15) is 21.6 Å². The van der Waals surface area contributed by atoms with Gasteiger partial charge in [0, 0.05) is 17.8 Å². The van der Waals surface area contributed by atoms with Crippen LogP contribution >= 0.6 is 0 Å². The second kappa shape index (κ2) is 8.45. The molecule has 0 saturated heterocycles. The zero-order valence-electron chi connectivity index (χ0n) is 14.6. The summed E-state index contributed by atoms with van der Waals surface area (Å²) in [6.07, 6.45) is 2.87. The van der Waals surface area contributed by atoms with Crippen LogP contribution in [0.3, 0.4) is 0 Å². The number of methoxy groups -OCH3 is 1. The summed E-state index contributed by atoms with van der Waals surface area (Å²) in [6.45, 7) is 0.325. The van der Waals surface area contributed by atoms with Gasteiger partial charge in [-0.1, -0.05) is 24.3 Å². The number of para-hydroxylation sites is 1. The van der Waals surface area contributed by atoms with Crippen LogP contribution in [0.15, 0.2) is 60.9 Å². The van der Waals surface area contributed by atoms with E-state index in [4.69, 9.17) is 10.00 Å². The molecule has 1 aromatic heterocycles. The molecule has 2 aromatic carbocycles. The van der Waals surface area contributed by atoms with Crippen LogP contribution in [-0.2, 0) is 6.54 Å². The van der Waals surface area contributed by atoms with E-state index in [0.717, 1.165) is 11.3 Å². The maximum Gasteiger partial charge on any atom is 0.271 e. The number of anilines is 2. The van der Waals surface area contributed by atoms with Crippen molar-refractivity contribution in [2.24, 2.45) is 0 Å². The van der Waals surface area contributed by atoms with E-state index in [0.29, 0.717) is 23.7 Å². The van der Waals surface area contributed by atoms with Gasteiger partial charge >= 0.3 is 0 Å². The van der Waals surface area contributed by atoms with Gasteiger partial charge in [-0.2, -0.15) is 5.26 Å². The highest BCUT2D eigenvalue weighted by Crippen LogP contribution is 2.17. The summed E-state index contributed by atoms with van der Waals surface area (Å²) < 4.78 is 5.26. The molecule has 0 atom stereocenters. The number of nitriles is 1. The maximum absolute atomic E-state index is 12.3. The highest BCUT2D eigenvalue weighted by Gasteiger charge is 2.09. The zero-order chi connectivity index (χ0) is 19.1. The van der Waals surface area contributed by atoms with Gasteiger partial charge in [-0.05, 0) is 24.3 Å². The van der Waals surface area contributed by atoms with Crippen molar-refractivity contribution < 1.29 is 9.53 Å². The van der Waals surface area contributed by atoms with Crippen LogP contribution in [0.2, 0.25) is 0 Å². The number of benzene rings is 2. The molecule has 0 aliphatic carbocycles. The zero-order valence-corrected chi connectivity index (χ0v) is 14.6. The first kappa shape index (κ1) is 17.9. The number of ether oxygens (including phenoxy) is 1. The summed E-state index contributed by atoms with van der Waals surface area (Å²) in [6, 6.07) is 16.5. The second-order valence-electron chi connectivity index (χ2n) is 5.60. The number of hydrogen-bond acceptors (Lipinski definition) is 6. The quantitative estimate of drug-likeness (QED) is 0.702. The molecule has 2 N–H and O–H groups in total. The molecule has 1 amide bonds. The first-order valence-electron chi connectivity index (χ1n) is 8.19. The number of amides is 1. The normalized spacial score (nSPS) is 9.93. The third-order valence-electron chi connectivity index (χ3n) is 3.78. The minimum atomic E-state index is -0.327. The van der Waals surface area contributed by atoms with Crippen LogP contribution < -0.4 is 15.4 Å². The number of nitrogens with one attached hydrogen (secondary N) is 2. The molecule has 7 heteroatoms. The van der Waals surface area contributed by atoms with E-state index in [9.17, 15) is 4.79 Å². The lowest BCUT2D eigenvalue weighted by molar-refractivity contribution is 0.0945. The third kappa shape index (κ3) is 4.58. The molecular weight excluding hydrogens is 342 g/mol. The number of hydrogen-bond donors (Lipinski definition) is 2. The van der Waals surface area contributed by atoms with E-state index in [2.05, 4.69) is 26.7 Å². The summed E-state index contributed by atoms with van der Waals surface area (Å²) in [4.78, 5) is 20.6. The molecule has 3 rings (SSSR count). The van der Waals surface area contributed by atoms with E-state index in [-0.39, 0.29) is 11.6 Å². The number of aromatic nitrogens is 2. The van der Waals surface area contributed by atoms with Gasteiger partial charge in [-0.25, -0.2) is 9.97 Å². The fourth-order valence-corrected chi connectivity index (χ4v) is 2.44. The lowest BCUT2D eigenvalue weighted by Crippen LogP contribution is -2.24. The smallest absolute Gasteiger partial charge is 0.271 e. The van der Waals surface area contributed by atoms with Crippen molar-refractivity contribution in [1.29, 1.82) is 5.26 Å². The van der Waals surface area contributed by atoms with Crippen molar-refractivity contribution in [3.05, 3.63) is 77.7 Å². The van der Waals surface area contributed by atoms with Gasteiger partial charge in [0.25, 0.3) is 5.91 Å². The van der Waals surface area contributed by atoms with E-state index in [1.807, 2.05) is 30.3 Å². The Kier molecular flexibility index (Phi) is 5.60. The van der Waals surface area contributed by atoms with Crippen LogP contribution in [0.4, 0.5) is 11.5 Å². The number of nitrogens with zero attached hydrogens (tertiary/aromatic N) is 3. The predicted octanol–water partition coefficient (Wildman–Crippen LogP) is 3.03. The summed E-state index contributed by atoms with van der Waals surface area (Å²) in [5.41, 5.74) is 2.34. The molecule has 0 aliphatic heterocycles. The molecule has 0 aliphatic rings. The summed E-state index contributed by atoms with van der Waals surface area (Å²) >= 11 is 0. The Hall–Kier alpha value is -3.92. The lowest BCUT2D eigenvalue weighted by Gasteiger charge is -2.09. The van der Waals surface area contributed by atoms with E-state index < -0.39 is 0 Å². The van der Waals surface area contributed by atoms with Gasteiger partial charge in [0.05, 0.1) is 31.1 Å². The van der Waals surface area contributed by atoms with Gasteiger partial charge < -0.3 is 15.4 Å². The van der Waals surface area contributed by atoms with Crippen LogP contribution in [0.5, 0.6) is 5.75 Å². The third-order valence-corrected chi connectivity index (χ3v) is 3.78. The standard InChI is InChI=1S/C20H17N5O2/c1-27-18-8-3-2-6-15(18)11-24-20(26)17-12-23-19(13-22-17)25-16-7-4-5-14(9-16)10-21/h2-9,12-13H,11H2,1H3,(H,23,25)(H,24,26). The minimum absolute atomic E-state index is 0.209. The topological polar surface area (TPSA) is 99.9 Å². The molecule has 27 heavy (non-hydrogen) atoms. The molecule has 3 aromatic rings. The summed E-state index contributed by atoms with van der Waals surface area (Å²) in [5, 5.41) is 14.8. The maximum atomic E-state index is 12.3. The molecule has 0 saturated carbocycles. The average molecular weight is 359 g/mol. The van der Waals surface area contributed by atoms with Crippen molar-refractivity contribution >= 4 is 17.4 Å². The van der Waals surface area contributed by atoms with Crippen molar-refractivity contribution in [2.75, 3.05) is 12.4 Å². The fourth-order valence-electron chi connectivity index (χ4n) is 2.44. The van der Waals surface area contributed by atoms with E-state index in [1.54, 1.807) is 25.3 Å². The molecule has 0 fully saturated rings. The SMILES string of the molecule is COc1ccccc1CNC(=O)c1cnc(Nc2cccc(C#N)c2)cn1. The molecule has 0 spiro atoms. The van der Waals surface area contributed by atoms with Gasteiger partial charge in [0.15, 0.2) is 0 Å². The van der Waals surface area contributed by atoms with Crippen molar-refractivity contribution in [3.8, 4) is 11.8 Å². The lowest BCUT2D eigenvalue weighted by atomic mass is 10.2. The highest BCUT2D eigenvalue weighted by molar-refractivity contribution is 5.92. The fraction of sp³-hybridized carbons (Fsp3) is 0.100. The number of carbonyl (C=O) groups is 1. The van der Waals surface area contributed by atoms with Gasteiger partial charge in [-0.15, -0.1) is 0 Å². The van der Waals surface area contributed by atoms with Crippen molar-refractivity contribution in [1.82, 2.24) is 15.3 Å². The Labute approximate surface area is 156 Å². The molecule has 0 unspecified atom stereocenters. The second-order valence-corrected chi connectivity index (χ2v) is 5.60. The minimum Gasteiger partial charge on any atom is -0.496 e. The summed E-state index contributed by atoms with van der Waals surface area (Å²) in [5.74, 6) is 0.862. The predicted molar refractivity (Wildman–Crippen MR) is 101 cm³/mol. The molecule has 0 bridgehead atoms. The van der Waals surface area contributed by atoms with Gasteiger partial charge in [0.1, 0.15) is 17.3 Å². The van der Waals surface area contributed by atoms with E-state index in [1.165, 1.54) is 12.4 Å². The largest absolute Gasteiger partial charge is 0.496 e. The van der Waals surface area contributed by atoms with Gasteiger partial charge in [0.2, 0.25) is 0 Å². The van der Waals surface area contributed by atoms with Crippen LogP contribution in [0, 0.1) is 11.3 Å². The Balaban J connectivity index is 1.62. The Morgan fingerprint density at radius 2 is 2.00 bits per heavy atom. The Bertz CT molecular complexity index is 980. The average Bonchev–Trinajstić information content (AvgIpc) is 2.73. The van der Waals surface area contributed by atoms with Crippen LogP contribution in [-0.4, -0.2) is 23.0 Å². The summed E-state index contributed by atoms with van der Waals surface area (Å²) in [7, 11) is 1.59. The van der Waals surface area contributed by atoms with Crippen LogP contribution in [0.25, 0.3) is 0 Å². The molecule has 1 heterocycles. The first-order valence-corrected chi connectivity index (χ1v) is 8.19. The molecular formula is C20H17N5O2. The van der Waals surface area contributed by atoms with Gasteiger partial charge in [-0.3, -0.25) is 4.79 Å². The molecule has 134 valence electrons. The number of carbonyl (C=O) groups excluding carboxylic acids is 1. The Morgan fingerprint density at radius 3 is 2.74 bits per heavy atom. The monoisotopic (exact) mass is 359 g/mol. The molecule has 7 nitrogen and oxygen atoms in total. The Morgan fingerprint density at radius 1 is 1.15 bits per heavy atom. The van der Waals surface area contributed by atoms with Crippen molar-refractivity contribution in [3.63, 3.8) is 0 Å². The highest BCUT2D eigenvalue weighted by atomic mass is 16.5. The van der Waals surface area contributed by atoms with Crippen molar-refractivity contribution in [2.45, 2.75) is 6.54 Å². The number of rotatable bonds is 6. The van der Waals surface area contributed by atoms with E-state index >= 15 is 0 Å². The first-order chi connectivity index (χ1) is 13.2. The molecule has 0 radical (unpaired) electrons.